The molecule has 0 spiro atoms. The normalized spacial score (nSPS) is 11.5. The third kappa shape index (κ3) is 5.04. The van der Waals surface area contributed by atoms with Gasteiger partial charge in [0.25, 0.3) is 0 Å². The lowest BCUT2D eigenvalue weighted by Gasteiger charge is -2.13. The Morgan fingerprint density at radius 3 is 2.47 bits per heavy atom. The number of hydrogen-bond donors (Lipinski definition) is 1. The van der Waals surface area contributed by atoms with Gasteiger partial charge in [-0.05, 0) is 57.3 Å². The Morgan fingerprint density at radius 2 is 1.95 bits per heavy atom. The van der Waals surface area contributed by atoms with Crippen LogP contribution < -0.4 is 4.74 Å². The van der Waals surface area contributed by atoms with Crippen molar-refractivity contribution in [1.29, 1.82) is 0 Å². The molecule has 0 radical (unpaired) electrons. The number of ether oxygens (including phenoxy) is 2. The number of carbonyl (C=O) groups excluding carboxylic acids is 1. The maximum atomic E-state index is 12.2. The molecule has 0 aromatic heterocycles. The van der Waals surface area contributed by atoms with Crippen LogP contribution in [0.25, 0.3) is 0 Å². The fraction of sp³-hybridized carbons (Fsp3) is 0.300. The highest BCUT2D eigenvalue weighted by Gasteiger charge is 2.42. The minimum Gasteiger partial charge on any atom is -0.418 e. The van der Waals surface area contributed by atoms with Crippen LogP contribution in [0.5, 0.6) is 5.75 Å². The number of rotatable bonds is 4. The molecule has 0 aliphatic rings. The van der Waals surface area contributed by atoms with Crippen molar-refractivity contribution in [3.63, 3.8) is 0 Å². The van der Waals surface area contributed by atoms with Crippen molar-refractivity contribution in [2.24, 2.45) is 0 Å². The van der Waals surface area contributed by atoms with Crippen LogP contribution in [0.15, 0.2) is 12.1 Å². The number of carbonyl (C=O) groups is 1. The number of aliphatic hydroxyl groups excluding tert-OH is 1. The molecule has 0 amide bonds. The monoisotopic (exact) mass is 502 g/mol. The van der Waals surface area contributed by atoms with E-state index in [1.54, 1.807) is 28.7 Å². The van der Waals surface area contributed by atoms with E-state index in [2.05, 4.69) is 4.74 Å². The van der Waals surface area contributed by atoms with Crippen molar-refractivity contribution in [3.05, 3.63) is 24.8 Å². The smallest absolute Gasteiger partial charge is 0.418 e. The Labute approximate surface area is 133 Å². The molecule has 1 aromatic carbocycles. The molecular formula is C10H7F3I2O4. The van der Waals surface area contributed by atoms with Crippen molar-refractivity contribution in [2.75, 3.05) is 6.79 Å². The summed E-state index contributed by atoms with van der Waals surface area (Å²) in [6, 6.07) is 3.07. The predicted molar refractivity (Wildman–Crippen MR) is 75.4 cm³/mol. The van der Waals surface area contributed by atoms with E-state index in [1.165, 1.54) is 6.07 Å². The van der Waals surface area contributed by atoms with Crippen LogP contribution in [0.2, 0.25) is 0 Å². The van der Waals surface area contributed by atoms with Gasteiger partial charge in [0, 0.05) is 9.13 Å². The van der Waals surface area contributed by atoms with Crippen LogP contribution in [-0.2, 0) is 16.1 Å². The van der Waals surface area contributed by atoms with Gasteiger partial charge in [-0.2, -0.15) is 13.2 Å². The second-order valence-electron chi connectivity index (χ2n) is 3.24. The fourth-order valence-electron chi connectivity index (χ4n) is 1.14. The first-order chi connectivity index (χ1) is 8.75. The largest absolute Gasteiger partial charge is 0.491 e. The lowest BCUT2D eigenvalue weighted by atomic mass is 10.2. The summed E-state index contributed by atoms with van der Waals surface area (Å²) in [7, 11) is 0. The molecule has 0 heterocycles. The molecule has 1 rings (SSSR count). The first-order valence-corrected chi connectivity index (χ1v) is 6.87. The minimum absolute atomic E-state index is 0.163. The van der Waals surface area contributed by atoms with Gasteiger partial charge in [-0.1, -0.05) is 0 Å². The fourth-order valence-corrected chi connectivity index (χ4v) is 3.22. The number of hydrogen-bond acceptors (Lipinski definition) is 4. The maximum Gasteiger partial charge on any atom is 0.491 e. The Hall–Kier alpha value is -0.140. The summed E-state index contributed by atoms with van der Waals surface area (Å²) in [4.78, 5) is 10.9. The van der Waals surface area contributed by atoms with Crippen molar-refractivity contribution in [2.45, 2.75) is 12.8 Å². The molecule has 0 bridgehead atoms. The molecule has 0 saturated carbocycles. The molecule has 0 aliphatic heterocycles. The van der Waals surface area contributed by atoms with E-state index in [-0.39, 0.29) is 17.9 Å². The molecular weight excluding hydrogens is 495 g/mol. The molecule has 4 nitrogen and oxygen atoms in total. The molecule has 0 fully saturated rings. The second-order valence-corrected chi connectivity index (χ2v) is 5.65. The van der Waals surface area contributed by atoms with Crippen LogP contribution in [0.1, 0.15) is 5.56 Å². The van der Waals surface area contributed by atoms with E-state index in [9.17, 15) is 18.0 Å². The number of aliphatic hydroxyl groups is 1. The summed E-state index contributed by atoms with van der Waals surface area (Å²) in [5, 5.41) is 8.55. The third-order valence-corrected chi connectivity index (χ3v) is 3.28. The van der Waals surface area contributed by atoms with Gasteiger partial charge in [0.15, 0.2) is 0 Å². The van der Waals surface area contributed by atoms with Crippen LogP contribution in [0.3, 0.4) is 0 Å². The molecule has 19 heavy (non-hydrogen) atoms. The molecule has 106 valence electrons. The summed E-state index contributed by atoms with van der Waals surface area (Å²) >= 11 is 3.72. The van der Waals surface area contributed by atoms with Crippen LogP contribution in [0, 0.1) is 7.14 Å². The number of benzene rings is 1. The van der Waals surface area contributed by atoms with Gasteiger partial charge >= 0.3 is 12.1 Å². The van der Waals surface area contributed by atoms with E-state index in [0.29, 0.717) is 3.57 Å². The Kier molecular flexibility index (Phi) is 6.26. The second kappa shape index (κ2) is 7.04. The molecule has 0 unspecified atom stereocenters. The van der Waals surface area contributed by atoms with Crippen LogP contribution in [-0.4, -0.2) is 24.0 Å². The first kappa shape index (κ1) is 16.9. The number of halogens is 5. The minimum atomic E-state index is -5.07. The van der Waals surface area contributed by atoms with Crippen LogP contribution in [0.4, 0.5) is 13.2 Å². The highest BCUT2D eigenvalue weighted by molar-refractivity contribution is 14.1. The quantitative estimate of drug-likeness (QED) is 0.298. The molecule has 0 saturated heterocycles. The van der Waals surface area contributed by atoms with Crippen molar-refractivity contribution >= 4 is 51.2 Å². The highest BCUT2D eigenvalue weighted by atomic mass is 127. The van der Waals surface area contributed by atoms with E-state index in [4.69, 9.17) is 9.84 Å². The van der Waals surface area contributed by atoms with Gasteiger partial charge in [0.05, 0.1) is 10.2 Å². The molecule has 1 aromatic rings. The van der Waals surface area contributed by atoms with Gasteiger partial charge in [0.2, 0.25) is 0 Å². The lowest BCUT2D eigenvalue weighted by molar-refractivity contribution is -0.189. The average molecular weight is 502 g/mol. The van der Waals surface area contributed by atoms with Gasteiger partial charge in [0.1, 0.15) is 12.5 Å². The molecule has 0 aliphatic carbocycles. The Morgan fingerprint density at radius 1 is 1.32 bits per heavy atom. The third-order valence-electron chi connectivity index (χ3n) is 1.86. The lowest BCUT2D eigenvalue weighted by Crippen LogP contribution is -2.28. The van der Waals surface area contributed by atoms with E-state index < -0.39 is 18.9 Å². The average Bonchev–Trinajstić information content (AvgIpc) is 2.28. The molecule has 0 atom stereocenters. The molecule has 9 heteroatoms. The number of esters is 1. The van der Waals surface area contributed by atoms with Crippen LogP contribution >= 0.6 is 45.2 Å². The Balaban J connectivity index is 3.07. The predicted octanol–water partition coefficient (Wildman–Crippen LogP) is 2.83. The topological polar surface area (TPSA) is 55.8 Å². The van der Waals surface area contributed by atoms with Gasteiger partial charge in [-0.3, -0.25) is 0 Å². The molecule has 1 N–H and O–H groups in total. The first-order valence-electron chi connectivity index (χ1n) is 4.71. The Bertz CT molecular complexity index is 477. The van der Waals surface area contributed by atoms with Gasteiger partial charge < -0.3 is 14.6 Å². The van der Waals surface area contributed by atoms with E-state index in [1.807, 2.05) is 22.6 Å². The van der Waals surface area contributed by atoms with Crippen molar-refractivity contribution in [1.82, 2.24) is 0 Å². The van der Waals surface area contributed by atoms with Gasteiger partial charge in [-0.25, -0.2) is 4.79 Å². The zero-order chi connectivity index (χ0) is 14.6. The SMILES string of the molecule is O=C(Oc1c(I)cc(I)cc1COCO)C(F)(F)F. The summed E-state index contributed by atoms with van der Waals surface area (Å²) in [5.41, 5.74) is 0.253. The van der Waals surface area contributed by atoms with Crippen molar-refractivity contribution in [3.8, 4) is 5.75 Å². The summed E-state index contributed by atoms with van der Waals surface area (Å²) in [6.45, 7) is -0.751. The maximum absolute atomic E-state index is 12.2. The van der Waals surface area contributed by atoms with Gasteiger partial charge in [-0.15, -0.1) is 0 Å². The summed E-state index contributed by atoms with van der Waals surface area (Å²) in [5.74, 6) is -2.51. The van der Waals surface area contributed by atoms with E-state index >= 15 is 0 Å². The highest BCUT2D eigenvalue weighted by Crippen LogP contribution is 2.31. The zero-order valence-electron chi connectivity index (χ0n) is 9.13. The summed E-state index contributed by atoms with van der Waals surface area (Å²) < 4.78 is 46.7. The summed E-state index contributed by atoms with van der Waals surface area (Å²) in [6.07, 6.45) is -5.07. The van der Waals surface area contributed by atoms with Crippen molar-refractivity contribution < 1.29 is 32.5 Å². The zero-order valence-corrected chi connectivity index (χ0v) is 13.4. The number of alkyl halides is 3. The standard InChI is InChI=1S/C10H7F3I2O4/c11-10(12,13)9(17)19-8-5(3-18-4-16)1-6(14)2-7(8)15/h1-2,16H,3-4H2. The van der Waals surface area contributed by atoms with E-state index in [0.717, 1.165) is 3.57 Å².